The molecule has 70 valence electrons. The number of Topliss-reactive ketones (excluding diaryl/α,β-unsaturated/α-hetero) is 1. The van der Waals surface area contributed by atoms with Crippen molar-refractivity contribution in [1.82, 2.24) is 0 Å². The Morgan fingerprint density at radius 2 is 2.31 bits per heavy atom. The maximum Gasteiger partial charge on any atom is 0.179 e. The normalized spacial score (nSPS) is 10.0. The monoisotopic (exact) mass is 242 g/mol. The van der Waals surface area contributed by atoms with Gasteiger partial charge in [0.1, 0.15) is 0 Å². The molecular weight excluding hydrogens is 232 g/mol. The highest BCUT2D eigenvalue weighted by molar-refractivity contribution is 9.10. The third-order valence-electron chi connectivity index (χ3n) is 1.70. The lowest BCUT2D eigenvalue weighted by Gasteiger charge is -1.97. The van der Waals surface area contributed by atoms with Crippen molar-refractivity contribution in [2.24, 2.45) is 0 Å². The lowest BCUT2D eigenvalue weighted by atomic mass is 10.1. The van der Waals surface area contributed by atoms with E-state index in [1.165, 1.54) is 6.26 Å². The molecule has 3 heteroatoms. The van der Waals surface area contributed by atoms with Gasteiger partial charge < -0.3 is 4.42 Å². The van der Waals surface area contributed by atoms with Crippen molar-refractivity contribution in [1.29, 1.82) is 0 Å². The third kappa shape index (κ3) is 2.84. The quantitative estimate of drug-likeness (QED) is 0.597. The van der Waals surface area contributed by atoms with Gasteiger partial charge >= 0.3 is 0 Å². The molecule has 1 aromatic rings. The Bertz CT molecular complexity index is 325. The first-order chi connectivity index (χ1) is 6.11. The molecule has 0 unspecified atom stereocenters. The predicted octanol–water partition coefficient (Wildman–Crippen LogP) is 3.58. The lowest BCUT2D eigenvalue weighted by Crippen LogP contribution is -1.97. The van der Waals surface area contributed by atoms with E-state index < -0.39 is 0 Å². The summed E-state index contributed by atoms with van der Waals surface area (Å²) in [5.41, 5.74) is 1.63. The van der Waals surface area contributed by atoms with Gasteiger partial charge in [-0.05, 0) is 35.3 Å². The molecule has 1 rings (SSSR count). The van der Waals surface area contributed by atoms with Gasteiger partial charge in [-0.2, -0.15) is 0 Å². The topological polar surface area (TPSA) is 30.2 Å². The Balaban J connectivity index is 2.59. The standard InChI is InChI=1S/C10H11BrO2/c1-7(2)3-4-9(12)8-5-6-13-10(8)11/h5-6H,1,3-4H2,2H3. The van der Waals surface area contributed by atoms with E-state index in [1.54, 1.807) is 6.07 Å². The van der Waals surface area contributed by atoms with Gasteiger partial charge in [-0.3, -0.25) is 4.79 Å². The zero-order chi connectivity index (χ0) is 9.84. The highest BCUT2D eigenvalue weighted by Crippen LogP contribution is 2.20. The summed E-state index contributed by atoms with van der Waals surface area (Å²) in [5, 5.41) is 0. The Kier molecular flexibility index (Phi) is 3.48. The molecule has 0 spiro atoms. The highest BCUT2D eigenvalue weighted by atomic mass is 79.9. The summed E-state index contributed by atoms with van der Waals surface area (Å²) in [7, 11) is 0. The number of carbonyl (C=O) groups is 1. The molecule has 0 N–H and O–H groups in total. The first-order valence-electron chi connectivity index (χ1n) is 4.02. The number of furan rings is 1. The molecule has 0 amide bonds. The molecule has 0 aliphatic rings. The van der Waals surface area contributed by atoms with Gasteiger partial charge in [0.2, 0.25) is 0 Å². The number of carbonyl (C=O) groups excluding carboxylic acids is 1. The molecule has 0 saturated carbocycles. The molecule has 0 saturated heterocycles. The number of ketones is 1. The van der Waals surface area contributed by atoms with Gasteiger partial charge in [0, 0.05) is 6.42 Å². The van der Waals surface area contributed by atoms with E-state index in [-0.39, 0.29) is 5.78 Å². The van der Waals surface area contributed by atoms with Gasteiger partial charge in [-0.15, -0.1) is 6.58 Å². The van der Waals surface area contributed by atoms with Crippen molar-refractivity contribution in [3.63, 3.8) is 0 Å². The van der Waals surface area contributed by atoms with Crippen LogP contribution in [0.1, 0.15) is 30.1 Å². The fourth-order valence-corrected chi connectivity index (χ4v) is 1.42. The van der Waals surface area contributed by atoms with Crippen LogP contribution in [0.4, 0.5) is 0 Å². The third-order valence-corrected chi connectivity index (χ3v) is 2.31. The number of halogens is 1. The van der Waals surface area contributed by atoms with Crippen LogP contribution in [0.15, 0.2) is 33.6 Å². The number of hydrogen-bond donors (Lipinski definition) is 0. The van der Waals surface area contributed by atoms with Crippen molar-refractivity contribution >= 4 is 21.7 Å². The van der Waals surface area contributed by atoms with E-state index in [1.807, 2.05) is 6.92 Å². The van der Waals surface area contributed by atoms with E-state index in [9.17, 15) is 4.79 Å². The van der Waals surface area contributed by atoms with Crippen LogP contribution >= 0.6 is 15.9 Å². The maximum atomic E-state index is 11.5. The Morgan fingerprint density at radius 3 is 2.77 bits per heavy atom. The lowest BCUT2D eigenvalue weighted by molar-refractivity contribution is 0.0981. The summed E-state index contributed by atoms with van der Waals surface area (Å²) < 4.78 is 5.48. The number of allylic oxidation sites excluding steroid dienone is 1. The minimum absolute atomic E-state index is 0.0867. The average molecular weight is 243 g/mol. The molecule has 0 aromatic carbocycles. The molecular formula is C10H11BrO2. The van der Waals surface area contributed by atoms with Gasteiger partial charge in [0.15, 0.2) is 10.5 Å². The zero-order valence-corrected chi connectivity index (χ0v) is 9.06. The number of hydrogen-bond acceptors (Lipinski definition) is 2. The van der Waals surface area contributed by atoms with Crippen molar-refractivity contribution in [3.05, 3.63) is 34.7 Å². The summed E-state index contributed by atoms with van der Waals surface area (Å²) >= 11 is 3.16. The zero-order valence-electron chi connectivity index (χ0n) is 7.47. The summed E-state index contributed by atoms with van der Waals surface area (Å²) in [4.78, 5) is 11.5. The molecule has 0 bridgehead atoms. The second-order valence-electron chi connectivity index (χ2n) is 2.99. The van der Waals surface area contributed by atoms with E-state index in [2.05, 4.69) is 22.5 Å². The fourth-order valence-electron chi connectivity index (χ4n) is 0.955. The molecule has 0 aliphatic heterocycles. The molecule has 0 atom stereocenters. The molecule has 1 heterocycles. The smallest absolute Gasteiger partial charge is 0.179 e. The summed E-state index contributed by atoms with van der Waals surface area (Å²) in [5.74, 6) is 0.0867. The second-order valence-corrected chi connectivity index (χ2v) is 3.71. The summed E-state index contributed by atoms with van der Waals surface area (Å²) in [6.45, 7) is 5.66. The van der Waals surface area contributed by atoms with Crippen LogP contribution in [0, 0.1) is 0 Å². The summed E-state index contributed by atoms with van der Waals surface area (Å²) in [6, 6.07) is 1.67. The van der Waals surface area contributed by atoms with E-state index in [0.29, 0.717) is 16.7 Å². The molecule has 0 aliphatic carbocycles. The van der Waals surface area contributed by atoms with Crippen LogP contribution < -0.4 is 0 Å². The highest BCUT2D eigenvalue weighted by Gasteiger charge is 2.11. The van der Waals surface area contributed by atoms with Crippen LogP contribution in [0.2, 0.25) is 0 Å². The van der Waals surface area contributed by atoms with Crippen molar-refractivity contribution < 1.29 is 9.21 Å². The van der Waals surface area contributed by atoms with Crippen molar-refractivity contribution in [2.45, 2.75) is 19.8 Å². The first-order valence-corrected chi connectivity index (χ1v) is 4.81. The number of rotatable bonds is 4. The Labute approximate surface area is 85.8 Å². The van der Waals surface area contributed by atoms with E-state index in [0.717, 1.165) is 12.0 Å². The van der Waals surface area contributed by atoms with E-state index >= 15 is 0 Å². The Hall–Kier alpha value is -0.830. The molecule has 2 nitrogen and oxygen atoms in total. The van der Waals surface area contributed by atoms with Gasteiger partial charge in [-0.25, -0.2) is 0 Å². The second kappa shape index (κ2) is 4.42. The minimum Gasteiger partial charge on any atom is -0.457 e. The van der Waals surface area contributed by atoms with Crippen LogP contribution in [0.3, 0.4) is 0 Å². The predicted molar refractivity (Wildman–Crippen MR) is 54.8 cm³/mol. The minimum atomic E-state index is 0.0867. The molecule has 0 fully saturated rings. The SMILES string of the molecule is C=C(C)CCC(=O)c1ccoc1Br. The van der Waals surface area contributed by atoms with E-state index in [4.69, 9.17) is 4.42 Å². The largest absolute Gasteiger partial charge is 0.457 e. The molecule has 1 aromatic heterocycles. The van der Waals surface area contributed by atoms with Crippen LogP contribution in [-0.4, -0.2) is 5.78 Å². The van der Waals surface area contributed by atoms with Gasteiger partial charge in [0.05, 0.1) is 11.8 Å². The van der Waals surface area contributed by atoms with Crippen LogP contribution in [0.5, 0.6) is 0 Å². The average Bonchev–Trinajstić information content (AvgIpc) is 2.47. The summed E-state index contributed by atoms with van der Waals surface area (Å²) in [6.07, 6.45) is 2.72. The molecule has 13 heavy (non-hydrogen) atoms. The Morgan fingerprint density at radius 1 is 1.62 bits per heavy atom. The molecule has 0 radical (unpaired) electrons. The van der Waals surface area contributed by atoms with Gasteiger partial charge in [0.25, 0.3) is 0 Å². The van der Waals surface area contributed by atoms with Crippen molar-refractivity contribution in [3.8, 4) is 0 Å². The fraction of sp³-hybridized carbons (Fsp3) is 0.300. The van der Waals surface area contributed by atoms with Gasteiger partial charge in [-0.1, -0.05) is 5.57 Å². The van der Waals surface area contributed by atoms with Crippen molar-refractivity contribution in [2.75, 3.05) is 0 Å². The van der Waals surface area contributed by atoms with Crippen LogP contribution in [0.25, 0.3) is 0 Å². The van der Waals surface area contributed by atoms with Crippen LogP contribution in [-0.2, 0) is 0 Å². The maximum absolute atomic E-state index is 11.5. The first kappa shape index (κ1) is 10.3.